The number of rotatable bonds is 4. The van der Waals surface area contributed by atoms with Crippen LogP contribution in [0.3, 0.4) is 0 Å². The molecule has 2 aromatic heterocycles. The van der Waals surface area contributed by atoms with Crippen LogP contribution < -0.4 is 4.72 Å². The standard InChI is InChI=1S/C14H11ClFN3O3S2/c1-7-13(6-12(23-7)14-17-8(2)22-18-14)24(20,21)19-9-3-4-11(16)10(15)5-9/h3-6,19H,1-2H3. The van der Waals surface area contributed by atoms with E-state index in [4.69, 9.17) is 16.1 Å². The SMILES string of the molecule is Cc1nc(-c2cc(S(=O)(=O)Nc3ccc(F)c(Cl)c3)c(C)s2)no1. The van der Waals surface area contributed by atoms with Gasteiger partial charge in [0.15, 0.2) is 0 Å². The molecule has 0 aliphatic carbocycles. The van der Waals surface area contributed by atoms with Crippen molar-refractivity contribution in [2.75, 3.05) is 4.72 Å². The molecule has 0 bridgehead atoms. The lowest BCUT2D eigenvalue weighted by Crippen LogP contribution is -2.13. The van der Waals surface area contributed by atoms with E-state index in [1.807, 2.05) is 0 Å². The number of anilines is 1. The topological polar surface area (TPSA) is 85.1 Å². The maximum absolute atomic E-state index is 13.2. The molecule has 126 valence electrons. The molecule has 0 atom stereocenters. The van der Waals surface area contributed by atoms with Crippen LogP contribution in [0, 0.1) is 19.7 Å². The van der Waals surface area contributed by atoms with Gasteiger partial charge in [0.05, 0.1) is 15.6 Å². The first-order valence-electron chi connectivity index (χ1n) is 6.65. The summed E-state index contributed by atoms with van der Waals surface area (Å²) in [6.45, 7) is 3.32. The van der Waals surface area contributed by atoms with E-state index in [9.17, 15) is 12.8 Å². The second kappa shape index (κ2) is 6.15. The Labute approximate surface area is 146 Å². The summed E-state index contributed by atoms with van der Waals surface area (Å²) >= 11 is 6.91. The van der Waals surface area contributed by atoms with Crippen molar-refractivity contribution in [3.05, 3.63) is 45.9 Å². The molecule has 3 rings (SSSR count). The number of thiophene rings is 1. The second-order valence-corrected chi connectivity index (χ2v) is 8.22. The van der Waals surface area contributed by atoms with Crippen LogP contribution in [-0.2, 0) is 10.0 Å². The maximum atomic E-state index is 13.2. The molecule has 0 saturated carbocycles. The Hall–Kier alpha value is -1.97. The lowest BCUT2D eigenvalue weighted by molar-refractivity contribution is 0.394. The lowest BCUT2D eigenvalue weighted by atomic mass is 10.3. The summed E-state index contributed by atoms with van der Waals surface area (Å²) < 4.78 is 45.6. The normalized spacial score (nSPS) is 11.7. The van der Waals surface area contributed by atoms with Gasteiger partial charge in [-0.25, -0.2) is 12.8 Å². The zero-order chi connectivity index (χ0) is 17.5. The van der Waals surface area contributed by atoms with Gasteiger partial charge in [0, 0.05) is 11.8 Å². The van der Waals surface area contributed by atoms with Crippen molar-refractivity contribution in [2.24, 2.45) is 0 Å². The van der Waals surface area contributed by atoms with Gasteiger partial charge < -0.3 is 4.52 Å². The number of nitrogens with zero attached hydrogens (tertiary/aromatic N) is 2. The van der Waals surface area contributed by atoms with Crippen LogP contribution >= 0.6 is 22.9 Å². The van der Waals surface area contributed by atoms with Crippen molar-refractivity contribution in [1.82, 2.24) is 10.1 Å². The largest absolute Gasteiger partial charge is 0.339 e. The van der Waals surface area contributed by atoms with E-state index in [1.54, 1.807) is 13.8 Å². The minimum Gasteiger partial charge on any atom is -0.339 e. The molecule has 1 N–H and O–H groups in total. The number of aryl methyl sites for hydroxylation is 2. The molecule has 3 aromatic rings. The van der Waals surface area contributed by atoms with Gasteiger partial charge in [0.1, 0.15) is 10.7 Å². The number of halogens is 2. The van der Waals surface area contributed by atoms with Crippen LogP contribution in [0.1, 0.15) is 10.8 Å². The number of benzene rings is 1. The smallest absolute Gasteiger partial charge is 0.263 e. The lowest BCUT2D eigenvalue weighted by Gasteiger charge is -2.08. The molecular weight excluding hydrogens is 377 g/mol. The van der Waals surface area contributed by atoms with Crippen molar-refractivity contribution >= 4 is 38.6 Å². The third kappa shape index (κ3) is 3.28. The quantitative estimate of drug-likeness (QED) is 0.731. The molecule has 1 aromatic carbocycles. The van der Waals surface area contributed by atoms with Crippen LogP contribution in [-0.4, -0.2) is 18.6 Å². The predicted molar refractivity (Wildman–Crippen MR) is 89.3 cm³/mol. The fourth-order valence-corrected chi connectivity index (χ4v) is 4.76. The molecule has 2 heterocycles. The number of hydrogen-bond donors (Lipinski definition) is 1. The highest BCUT2D eigenvalue weighted by Gasteiger charge is 2.22. The highest BCUT2D eigenvalue weighted by Crippen LogP contribution is 2.33. The van der Waals surface area contributed by atoms with Crippen LogP contribution in [0.5, 0.6) is 0 Å². The molecule has 0 radical (unpaired) electrons. The first-order chi connectivity index (χ1) is 11.3. The fraction of sp³-hybridized carbons (Fsp3) is 0.143. The second-order valence-electron chi connectivity index (χ2n) is 4.90. The van der Waals surface area contributed by atoms with Gasteiger partial charge in [-0.3, -0.25) is 4.72 Å². The van der Waals surface area contributed by atoms with Crippen LogP contribution in [0.2, 0.25) is 5.02 Å². The Morgan fingerprint density at radius 3 is 2.67 bits per heavy atom. The third-order valence-corrected chi connectivity index (χ3v) is 6.05. The highest BCUT2D eigenvalue weighted by atomic mass is 35.5. The Morgan fingerprint density at radius 1 is 1.29 bits per heavy atom. The molecule has 0 aliphatic rings. The van der Waals surface area contributed by atoms with Gasteiger partial charge in [0.2, 0.25) is 11.7 Å². The number of nitrogens with one attached hydrogen (secondary N) is 1. The molecular formula is C14H11ClFN3O3S2. The Kier molecular flexibility index (Phi) is 4.33. The van der Waals surface area contributed by atoms with Gasteiger partial charge in [-0.2, -0.15) is 4.98 Å². The summed E-state index contributed by atoms with van der Waals surface area (Å²) in [5.41, 5.74) is 0.170. The number of sulfonamides is 1. The van der Waals surface area contributed by atoms with Gasteiger partial charge in [-0.1, -0.05) is 16.8 Å². The predicted octanol–water partition coefficient (Wildman–Crippen LogP) is 4.01. The molecule has 0 amide bonds. The zero-order valence-electron chi connectivity index (χ0n) is 12.5. The Balaban J connectivity index is 1.95. The van der Waals surface area contributed by atoms with Gasteiger partial charge in [-0.05, 0) is 31.2 Å². The summed E-state index contributed by atoms with van der Waals surface area (Å²) in [5.74, 6) is 0.0903. The molecule has 10 heteroatoms. The summed E-state index contributed by atoms with van der Waals surface area (Å²) in [6.07, 6.45) is 0. The number of hydrogen-bond acceptors (Lipinski definition) is 6. The molecule has 24 heavy (non-hydrogen) atoms. The zero-order valence-corrected chi connectivity index (χ0v) is 14.9. The fourth-order valence-electron chi connectivity index (χ4n) is 2.01. The van der Waals surface area contributed by atoms with Crippen LogP contribution in [0.4, 0.5) is 10.1 Å². The van der Waals surface area contributed by atoms with Gasteiger partial charge in [0.25, 0.3) is 10.0 Å². The van der Waals surface area contributed by atoms with Crippen molar-refractivity contribution in [2.45, 2.75) is 18.7 Å². The average molecular weight is 388 g/mol. The van der Waals surface area contributed by atoms with E-state index < -0.39 is 15.8 Å². The number of aromatic nitrogens is 2. The highest BCUT2D eigenvalue weighted by molar-refractivity contribution is 7.93. The summed E-state index contributed by atoms with van der Waals surface area (Å²) in [6, 6.07) is 5.06. The van der Waals surface area contributed by atoms with E-state index in [0.29, 0.717) is 21.5 Å². The van der Waals surface area contributed by atoms with Crippen LogP contribution in [0.15, 0.2) is 33.7 Å². The summed E-state index contributed by atoms with van der Waals surface area (Å²) in [4.78, 5) is 5.30. The van der Waals surface area contributed by atoms with E-state index in [-0.39, 0.29) is 15.6 Å². The summed E-state index contributed by atoms with van der Waals surface area (Å²) in [7, 11) is -3.86. The molecule has 6 nitrogen and oxygen atoms in total. The summed E-state index contributed by atoms with van der Waals surface area (Å²) in [5, 5.41) is 3.61. The first-order valence-corrected chi connectivity index (χ1v) is 9.33. The van der Waals surface area contributed by atoms with Gasteiger partial charge in [-0.15, -0.1) is 11.3 Å². The molecule has 0 unspecified atom stereocenters. The van der Waals surface area contributed by atoms with E-state index >= 15 is 0 Å². The molecule has 0 saturated heterocycles. The van der Waals surface area contributed by atoms with Gasteiger partial charge >= 0.3 is 0 Å². The molecule has 0 fully saturated rings. The first kappa shape index (κ1) is 16.9. The van der Waals surface area contributed by atoms with E-state index in [0.717, 1.165) is 6.07 Å². The van der Waals surface area contributed by atoms with Crippen molar-refractivity contribution in [3.63, 3.8) is 0 Å². The Morgan fingerprint density at radius 2 is 2.04 bits per heavy atom. The minimum absolute atomic E-state index is 0.0883. The third-order valence-electron chi connectivity index (χ3n) is 3.08. The Bertz CT molecular complexity index is 1010. The average Bonchev–Trinajstić information content (AvgIpc) is 3.09. The van der Waals surface area contributed by atoms with E-state index in [1.165, 1.54) is 29.5 Å². The monoisotopic (exact) mass is 387 g/mol. The maximum Gasteiger partial charge on any atom is 0.263 e. The minimum atomic E-state index is -3.86. The van der Waals surface area contributed by atoms with Crippen molar-refractivity contribution in [1.29, 1.82) is 0 Å². The van der Waals surface area contributed by atoms with Crippen molar-refractivity contribution in [3.8, 4) is 10.7 Å². The molecule has 0 spiro atoms. The van der Waals surface area contributed by atoms with E-state index in [2.05, 4.69) is 14.9 Å². The molecule has 0 aliphatic heterocycles. The van der Waals surface area contributed by atoms with Crippen LogP contribution in [0.25, 0.3) is 10.7 Å². The van der Waals surface area contributed by atoms with Crippen molar-refractivity contribution < 1.29 is 17.3 Å².